The summed E-state index contributed by atoms with van der Waals surface area (Å²) in [6, 6.07) is 62.6. The lowest BCUT2D eigenvalue weighted by atomic mass is 9.95. The topological polar surface area (TPSA) is 30.7 Å². The van der Waals surface area contributed by atoms with Crippen molar-refractivity contribution in [2.75, 3.05) is 0 Å². The summed E-state index contributed by atoms with van der Waals surface area (Å²) in [7, 11) is 0. The van der Waals surface area contributed by atoms with Crippen LogP contribution in [-0.2, 0) is 0 Å². The third kappa shape index (κ3) is 4.51. The molecule has 0 aliphatic heterocycles. The molecule has 10 rings (SSSR count). The molecule has 0 fully saturated rings. The highest BCUT2D eigenvalue weighted by atomic mass is 15.0. The first kappa shape index (κ1) is 27.5. The van der Waals surface area contributed by atoms with Gasteiger partial charge >= 0.3 is 0 Å². The van der Waals surface area contributed by atoms with E-state index in [1.807, 2.05) is 0 Å². The Bertz CT molecular complexity index is 2830. The molecular formula is C46H29N3. The van der Waals surface area contributed by atoms with Crippen molar-refractivity contribution in [3.05, 3.63) is 176 Å². The van der Waals surface area contributed by atoms with Crippen LogP contribution < -0.4 is 0 Å². The predicted molar refractivity (Wildman–Crippen MR) is 205 cm³/mol. The number of benzene rings is 8. The highest BCUT2D eigenvalue weighted by molar-refractivity contribution is 6.13. The normalized spacial score (nSPS) is 11.7. The summed E-state index contributed by atoms with van der Waals surface area (Å²) in [6.07, 6.45) is 0. The zero-order valence-electron chi connectivity index (χ0n) is 26.6. The monoisotopic (exact) mass is 623 g/mol. The van der Waals surface area contributed by atoms with Gasteiger partial charge in [-0.3, -0.25) is 0 Å². The molecule has 228 valence electrons. The second kappa shape index (κ2) is 11.0. The van der Waals surface area contributed by atoms with Crippen LogP contribution in [0.25, 0.3) is 93.7 Å². The lowest BCUT2D eigenvalue weighted by Gasteiger charge is -2.14. The number of fused-ring (bicyclic) bond motifs is 7. The average molecular weight is 624 g/mol. The molecule has 49 heavy (non-hydrogen) atoms. The predicted octanol–water partition coefficient (Wildman–Crippen LogP) is 12.0. The molecule has 0 bridgehead atoms. The van der Waals surface area contributed by atoms with Gasteiger partial charge in [0.15, 0.2) is 5.82 Å². The van der Waals surface area contributed by atoms with Gasteiger partial charge in [-0.2, -0.15) is 0 Å². The first-order chi connectivity index (χ1) is 24.3. The number of aromatic nitrogens is 3. The second-order valence-corrected chi connectivity index (χ2v) is 12.6. The molecule has 2 heterocycles. The zero-order chi connectivity index (χ0) is 32.3. The molecule has 0 unspecified atom stereocenters. The number of rotatable bonds is 4. The first-order valence-electron chi connectivity index (χ1n) is 16.7. The summed E-state index contributed by atoms with van der Waals surface area (Å²) in [5.74, 6) is 0.701. The number of nitrogens with zero attached hydrogens (tertiary/aromatic N) is 3. The van der Waals surface area contributed by atoms with Crippen LogP contribution in [0.5, 0.6) is 0 Å². The second-order valence-electron chi connectivity index (χ2n) is 12.6. The Balaban J connectivity index is 1.18. The third-order valence-corrected chi connectivity index (χ3v) is 9.78. The van der Waals surface area contributed by atoms with E-state index in [1.54, 1.807) is 0 Å². The Morgan fingerprint density at radius 3 is 1.63 bits per heavy atom. The van der Waals surface area contributed by atoms with Crippen LogP contribution in [0.2, 0.25) is 0 Å². The lowest BCUT2D eigenvalue weighted by molar-refractivity contribution is 1.16. The zero-order valence-corrected chi connectivity index (χ0v) is 26.6. The van der Waals surface area contributed by atoms with E-state index >= 15 is 0 Å². The molecule has 3 heteroatoms. The molecule has 0 N–H and O–H groups in total. The van der Waals surface area contributed by atoms with Gasteiger partial charge in [0.05, 0.1) is 22.4 Å². The molecular weight excluding hydrogens is 595 g/mol. The van der Waals surface area contributed by atoms with E-state index in [9.17, 15) is 0 Å². The van der Waals surface area contributed by atoms with E-state index in [4.69, 9.17) is 9.97 Å². The molecule has 3 nitrogen and oxygen atoms in total. The minimum Gasteiger partial charge on any atom is -0.309 e. The fraction of sp³-hybridized carbons (Fsp3) is 0. The molecule has 0 atom stereocenters. The molecule has 2 aromatic heterocycles. The van der Waals surface area contributed by atoms with Crippen LogP contribution in [-0.4, -0.2) is 14.5 Å². The number of hydrogen-bond donors (Lipinski definition) is 0. The van der Waals surface area contributed by atoms with Crippen LogP contribution in [0.1, 0.15) is 0 Å². The summed E-state index contributed by atoms with van der Waals surface area (Å²) >= 11 is 0. The first-order valence-corrected chi connectivity index (χ1v) is 16.7. The minimum absolute atomic E-state index is 0.701. The summed E-state index contributed by atoms with van der Waals surface area (Å²) in [4.78, 5) is 10.5. The van der Waals surface area contributed by atoms with Crippen LogP contribution in [0.15, 0.2) is 176 Å². The lowest BCUT2D eigenvalue weighted by Crippen LogP contribution is -1.98. The molecule has 0 spiro atoms. The third-order valence-electron chi connectivity index (χ3n) is 9.78. The molecule has 0 amide bonds. The summed E-state index contributed by atoms with van der Waals surface area (Å²) in [6.45, 7) is 0. The Kier molecular flexibility index (Phi) is 6.18. The SMILES string of the molecule is c1ccc2cc(-c3cc(-c4cc5ccccc5c5ccccc45)nc(-c4ccc(-n5c6ccccc6c6ccccc65)cc4)n3)ccc2c1. The number of para-hydroxylation sites is 2. The Labute approximate surface area is 283 Å². The van der Waals surface area contributed by atoms with Crippen molar-refractivity contribution in [3.8, 4) is 39.6 Å². The van der Waals surface area contributed by atoms with E-state index in [0.717, 1.165) is 33.8 Å². The van der Waals surface area contributed by atoms with Gasteiger partial charge in [-0.15, -0.1) is 0 Å². The molecule has 0 aliphatic carbocycles. The van der Waals surface area contributed by atoms with Crippen LogP contribution in [0.4, 0.5) is 0 Å². The van der Waals surface area contributed by atoms with Crippen molar-refractivity contribution in [2.45, 2.75) is 0 Å². The minimum atomic E-state index is 0.701. The molecule has 0 radical (unpaired) electrons. The van der Waals surface area contributed by atoms with Crippen LogP contribution >= 0.6 is 0 Å². The van der Waals surface area contributed by atoms with Crippen molar-refractivity contribution in [3.63, 3.8) is 0 Å². The largest absolute Gasteiger partial charge is 0.309 e. The van der Waals surface area contributed by atoms with E-state index in [-0.39, 0.29) is 0 Å². The fourth-order valence-electron chi connectivity index (χ4n) is 7.44. The molecule has 10 aromatic rings. The van der Waals surface area contributed by atoms with Gasteiger partial charge in [-0.1, -0.05) is 121 Å². The maximum Gasteiger partial charge on any atom is 0.160 e. The van der Waals surface area contributed by atoms with Gasteiger partial charge in [-0.05, 0) is 86.9 Å². The van der Waals surface area contributed by atoms with Crippen molar-refractivity contribution in [1.82, 2.24) is 14.5 Å². The molecule has 0 aliphatic rings. The Morgan fingerprint density at radius 1 is 0.347 bits per heavy atom. The van der Waals surface area contributed by atoms with Crippen molar-refractivity contribution in [2.24, 2.45) is 0 Å². The fourth-order valence-corrected chi connectivity index (χ4v) is 7.44. The van der Waals surface area contributed by atoms with E-state index in [1.165, 1.54) is 54.1 Å². The van der Waals surface area contributed by atoms with E-state index < -0.39 is 0 Å². The highest BCUT2D eigenvalue weighted by Gasteiger charge is 2.16. The maximum absolute atomic E-state index is 5.29. The van der Waals surface area contributed by atoms with Gasteiger partial charge < -0.3 is 4.57 Å². The van der Waals surface area contributed by atoms with E-state index in [2.05, 4.69) is 180 Å². The van der Waals surface area contributed by atoms with Crippen molar-refractivity contribution < 1.29 is 0 Å². The van der Waals surface area contributed by atoms with Crippen LogP contribution in [0.3, 0.4) is 0 Å². The smallest absolute Gasteiger partial charge is 0.160 e. The molecule has 8 aromatic carbocycles. The Morgan fingerprint density at radius 2 is 0.898 bits per heavy atom. The molecule has 0 saturated carbocycles. The van der Waals surface area contributed by atoms with E-state index in [0.29, 0.717) is 5.82 Å². The summed E-state index contributed by atoms with van der Waals surface area (Å²) in [5, 5.41) is 9.73. The van der Waals surface area contributed by atoms with Gasteiger partial charge in [-0.25, -0.2) is 9.97 Å². The van der Waals surface area contributed by atoms with Gasteiger partial charge in [0.1, 0.15) is 0 Å². The Hall–Kier alpha value is -6.58. The quantitative estimate of drug-likeness (QED) is 0.183. The molecule has 0 saturated heterocycles. The van der Waals surface area contributed by atoms with Crippen LogP contribution in [0, 0.1) is 0 Å². The maximum atomic E-state index is 5.29. The van der Waals surface area contributed by atoms with Crippen molar-refractivity contribution in [1.29, 1.82) is 0 Å². The average Bonchev–Trinajstić information content (AvgIpc) is 3.52. The van der Waals surface area contributed by atoms with Gasteiger partial charge in [0, 0.05) is 33.2 Å². The van der Waals surface area contributed by atoms with Gasteiger partial charge in [0.2, 0.25) is 0 Å². The van der Waals surface area contributed by atoms with Gasteiger partial charge in [0.25, 0.3) is 0 Å². The number of hydrogen-bond acceptors (Lipinski definition) is 2. The highest BCUT2D eigenvalue weighted by Crippen LogP contribution is 2.37. The summed E-state index contributed by atoms with van der Waals surface area (Å²) < 4.78 is 2.34. The van der Waals surface area contributed by atoms with Crippen molar-refractivity contribution >= 4 is 54.1 Å². The standard InChI is InChI=1S/C46H29N3/c1-2-12-32-27-34(22-21-30(32)11-1)42-29-43(41-28-33-13-3-4-14-36(33)37-15-5-6-16-38(37)41)48-46(47-42)31-23-25-35(26-24-31)49-44-19-9-7-17-39(44)40-18-8-10-20-45(40)49/h1-29H. The summed E-state index contributed by atoms with van der Waals surface area (Å²) in [5.41, 5.74) is 8.42.